The lowest BCUT2D eigenvalue weighted by Gasteiger charge is -2.31. The van der Waals surface area contributed by atoms with E-state index in [1.54, 1.807) is 6.92 Å². The van der Waals surface area contributed by atoms with Gasteiger partial charge in [-0.2, -0.15) is 0 Å². The fourth-order valence-electron chi connectivity index (χ4n) is 2.39. The van der Waals surface area contributed by atoms with Gasteiger partial charge in [-0.3, -0.25) is 14.9 Å². The van der Waals surface area contributed by atoms with Crippen LogP contribution < -0.4 is 10.6 Å². The van der Waals surface area contributed by atoms with Crippen LogP contribution in [0.25, 0.3) is 0 Å². The molecule has 1 aliphatic heterocycles. The topological polar surface area (TPSA) is 61.4 Å². The quantitative estimate of drug-likeness (QED) is 0.817. The first-order chi connectivity index (χ1) is 9.20. The molecular weight excluding hydrogens is 254 g/mol. The molecule has 1 rings (SSSR count). The van der Waals surface area contributed by atoms with Gasteiger partial charge in [0.2, 0.25) is 11.8 Å². The van der Waals surface area contributed by atoms with E-state index in [-0.39, 0.29) is 29.4 Å². The van der Waals surface area contributed by atoms with Gasteiger partial charge >= 0.3 is 0 Å². The summed E-state index contributed by atoms with van der Waals surface area (Å²) in [6, 6.07) is -0.702. The second-order valence-corrected chi connectivity index (χ2v) is 6.74. The molecule has 2 unspecified atom stereocenters. The third kappa shape index (κ3) is 5.49. The highest BCUT2D eigenvalue weighted by Gasteiger charge is 2.26. The number of amides is 2. The van der Waals surface area contributed by atoms with Crippen LogP contribution in [-0.2, 0) is 9.59 Å². The summed E-state index contributed by atoms with van der Waals surface area (Å²) in [4.78, 5) is 26.2. The Kier molecular flexibility index (Phi) is 5.99. The number of piperidine rings is 1. The Bertz CT molecular complexity index is 344. The van der Waals surface area contributed by atoms with E-state index in [2.05, 4.69) is 10.6 Å². The molecule has 2 N–H and O–H groups in total. The fraction of sp³-hybridized carbons (Fsp3) is 0.867. The van der Waals surface area contributed by atoms with E-state index in [9.17, 15) is 9.59 Å². The van der Waals surface area contributed by atoms with Crippen LogP contribution >= 0.6 is 0 Å². The molecule has 0 spiro atoms. The van der Waals surface area contributed by atoms with Crippen LogP contribution in [0.5, 0.6) is 0 Å². The highest BCUT2D eigenvalue weighted by molar-refractivity contribution is 5.85. The van der Waals surface area contributed by atoms with Gasteiger partial charge in [-0.05, 0) is 53.9 Å². The van der Waals surface area contributed by atoms with Gasteiger partial charge in [0.1, 0.15) is 0 Å². The number of nitrogens with one attached hydrogen (secondary N) is 2. The normalized spacial score (nSPS) is 19.4. The molecule has 0 radical (unpaired) electrons. The lowest BCUT2D eigenvalue weighted by Crippen LogP contribution is -2.55. The molecule has 5 heteroatoms. The highest BCUT2D eigenvalue weighted by Crippen LogP contribution is 2.10. The summed E-state index contributed by atoms with van der Waals surface area (Å²) < 4.78 is 0. The van der Waals surface area contributed by atoms with Gasteiger partial charge in [0.05, 0.1) is 12.1 Å². The van der Waals surface area contributed by atoms with Crippen molar-refractivity contribution in [1.82, 2.24) is 15.5 Å². The van der Waals surface area contributed by atoms with Gasteiger partial charge in [-0.15, -0.1) is 0 Å². The van der Waals surface area contributed by atoms with E-state index in [1.807, 2.05) is 32.6 Å². The largest absolute Gasteiger partial charge is 0.350 e. The SMILES string of the molecule is CC(NC(C)C(=O)N1CCCCC1)C(=O)NC(C)(C)C. The number of rotatable bonds is 4. The molecule has 0 aliphatic carbocycles. The third-order valence-corrected chi connectivity index (χ3v) is 3.43. The average Bonchev–Trinajstić information content (AvgIpc) is 2.36. The highest BCUT2D eigenvalue weighted by atomic mass is 16.2. The number of hydrogen-bond acceptors (Lipinski definition) is 3. The van der Waals surface area contributed by atoms with Gasteiger partial charge in [-0.25, -0.2) is 0 Å². The van der Waals surface area contributed by atoms with Gasteiger partial charge in [0.15, 0.2) is 0 Å². The second-order valence-electron chi connectivity index (χ2n) is 6.74. The molecule has 0 aromatic rings. The molecule has 1 saturated heterocycles. The molecule has 0 saturated carbocycles. The Hall–Kier alpha value is -1.10. The van der Waals surface area contributed by atoms with Crippen molar-refractivity contribution in [2.24, 2.45) is 0 Å². The van der Waals surface area contributed by atoms with Crippen LogP contribution in [0.3, 0.4) is 0 Å². The van der Waals surface area contributed by atoms with Crippen LogP contribution in [0, 0.1) is 0 Å². The first-order valence-corrected chi connectivity index (χ1v) is 7.57. The van der Waals surface area contributed by atoms with Crippen LogP contribution in [0.4, 0.5) is 0 Å². The summed E-state index contributed by atoms with van der Waals surface area (Å²) in [6.07, 6.45) is 3.37. The standard InChI is InChI=1S/C15H29N3O2/c1-11(13(19)17-15(3,4)5)16-12(2)14(20)18-9-7-6-8-10-18/h11-12,16H,6-10H2,1-5H3,(H,17,19). The van der Waals surface area contributed by atoms with Gasteiger partial charge < -0.3 is 10.2 Å². The molecule has 20 heavy (non-hydrogen) atoms. The average molecular weight is 283 g/mol. The van der Waals surface area contributed by atoms with Gasteiger partial charge in [0.25, 0.3) is 0 Å². The Morgan fingerprint density at radius 2 is 1.55 bits per heavy atom. The zero-order chi connectivity index (χ0) is 15.3. The lowest BCUT2D eigenvalue weighted by molar-refractivity contribution is -0.134. The summed E-state index contributed by atoms with van der Waals surface area (Å²) in [5, 5.41) is 6.01. The summed E-state index contributed by atoms with van der Waals surface area (Å²) in [5.74, 6) is 0.0240. The lowest BCUT2D eigenvalue weighted by atomic mass is 10.1. The number of likely N-dealkylation sites (tertiary alicyclic amines) is 1. The van der Waals surface area contributed by atoms with Crippen molar-refractivity contribution >= 4 is 11.8 Å². The molecule has 2 atom stereocenters. The van der Waals surface area contributed by atoms with Crippen molar-refractivity contribution in [1.29, 1.82) is 0 Å². The van der Waals surface area contributed by atoms with Crippen molar-refractivity contribution in [3.63, 3.8) is 0 Å². The number of carbonyl (C=O) groups is 2. The summed E-state index contributed by atoms with van der Waals surface area (Å²) in [7, 11) is 0. The molecule has 1 aliphatic rings. The number of hydrogen-bond donors (Lipinski definition) is 2. The van der Waals surface area contributed by atoms with Crippen molar-refractivity contribution in [3.05, 3.63) is 0 Å². The molecule has 5 nitrogen and oxygen atoms in total. The minimum atomic E-state index is -0.377. The smallest absolute Gasteiger partial charge is 0.239 e. The minimum absolute atomic E-state index is 0.0733. The van der Waals surface area contributed by atoms with Crippen LogP contribution in [0.2, 0.25) is 0 Å². The minimum Gasteiger partial charge on any atom is -0.350 e. The maximum absolute atomic E-state index is 12.3. The molecule has 0 bridgehead atoms. The van der Waals surface area contributed by atoms with Crippen molar-refractivity contribution in [3.8, 4) is 0 Å². The third-order valence-electron chi connectivity index (χ3n) is 3.43. The van der Waals surface area contributed by atoms with Crippen molar-refractivity contribution < 1.29 is 9.59 Å². The van der Waals surface area contributed by atoms with Crippen LogP contribution in [0.15, 0.2) is 0 Å². The van der Waals surface area contributed by atoms with E-state index in [4.69, 9.17) is 0 Å². The number of carbonyl (C=O) groups excluding carboxylic acids is 2. The second kappa shape index (κ2) is 7.07. The molecule has 1 fully saturated rings. The molecule has 0 aromatic heterocycles. The summed E-state index contributed by atoms with van der Waals surface area (Å²) in [6.45, 7) is 11.1. The number of nitrogens with zero attached hydrogens (tertiary/aromatic N) is 1. The molecular formula is C15H29N3O2. The van der Waals surface area contributed by atoms with Crippen molar-refractivity contribution in [2.45, 2.75) is 71.5 Å². The van der Waals surface area contributed by atoms with E-state index in [0.29, 0.717) is 0 Å². The maximum Gasteiger partial charge on any atom is 0.239 e. The molecule has 0 aromatic carbocycles. The zero-order valence-electron chi connectivity index (χ0n) is 13.5. The van der Waals surface area contributed by atoms with E-state index in [1.165, 1.54) is 6.42 Å². The Morgan fingerprint density at radius 1 is 1.00 bits per heavy atom. The van der Waals surface area contributed by atoms with E-state index >= 15 is 0 Å². The fourth-order valence-corrected chi connectivity index (χ4v) is 2.39. The van der Waals surface area contributed by atoms with Crippen LogP contribution in [0.1, 0.15) is 53.9 Å². The Balaban J connectivity index is 2.45. The molecule has 116 valence electrons. The van der Waals surface area contributed by atoms with Crippen molar-refractivity contribution in [2.75, 3.05) is 13.1 Å². The van der Waals surface area contributed by atoms with Gasteiger partial charge in [-0.1, -0.05) is 0 Å². The monoisotopic (exact) mass is 283 g/mol. The van der Waals surface area contributed by atoms with Crippen LogP contribution in [-0.4, -0.2) is 47.4 Å². The summed E-state index contributed by atoms with van der Waals surface area (Å²) >= 11 is 0. The molecule has 2 amide bonds. The first-order valence-electron chi connectivity index (χ1n) is 7.57. The molecule has 1 heterocycles. The summed E-state index contributed by atoms with van der Waals surface area (Å²) in [5.41, 5.74) is -0.257. The van der Waals surface area contributed by atoms with E-state index in [0.717, 1.165) is 25.9 Å². The van der Waals surface area contributed by atoms with Gasteiger partial charge in [0, 0.05) is 18.6 Å². The van der Waals surface area contributed by atoms with E-state index < -0.39 is 0 Å². The Labute approximate surface area is 122 Å². The zero-order valence-corrected chi connectivity index (χ0v) is 13.5. The predicted octanol–water partition coefficient (Wildman–Crippen LogP) is 1.28. The predicted molar refractivity (Wildman–Crippen MR) is 80.4 cm³/mol. The first kappa shape index (κ1) is 17.0. The Morgan fingerprint density at radius 3 is 2.05 bits per heavy atom. The maximum atomic E-state index is 12.3.